The molecule has 2 aromatic heterocycles. The maximum Gasteiger partial charge on any atom is 0.127 e. The number of hydrogen-bond donors (Lipinski definition) is 1. The third kappa shape index (κ3) is 4.79. The van der Waals surface area contributed by atoms with E-state index in [4.69, 9.17) is 4.74 Å². The lowest BCUT2D eigenvalue weighted by Gasteiger charge is -2.14. The smallest absolute Gasteiger partial charge is 0.127 e. The fourth-order valence-electron chi connectivity index (χ4n) is 1.96. The molecule has 0 aromatic carbocycles. The van der Waals surface area contributed by atoms with Crippen LogP contribution in [0.15, 0.2) is 17.8 Å². The quantitative estimate of drug-likeness (QED) is 0.853. The molecule has 0 radical (unpaired) electrons. The summed E-state index contributed by atoms with van der Waals surface area (Å²) in [5, 5.41) is 3.41. The normalized spacial score (nSPS) is 11.1. The lowest BCUT2D eigenvalue weighted by molar-refractivity contribution is 0.317. The Hall–Kier alpha value is -1.46. The maximum absolute atomic E-state index is 5.98. The summed E-state index contributed by atoms with van der Waals surface area (Å²) in [4.78, 5) is 9.92. The lowest BCUT2D eigenvalue weighted by Crippen LogP contribution is -2.22. The minimum absolute atomic E-state index is 0.444. The van der Waals surface area contributed by atoms with Gasteiger partial charge in [-0.15, -0.1) is 11.3 Å². The van der Waals surface area contributed by atoms with E-state index in [1.807, 2.05) is 31.6 Å². The van der Waals surface area contributed by atoms with Gasteiger partial charge < -0.3 is 10.1 Å². The van der Waals surface area contributed by atoms with Crippen molar-refractivity contribution in [2.75, 3.05) is 6.61 Å². The Bertz CT molecular complexity index is 581. The largest absolute Gasteiger partial charge is 0.493 e. The van der Waals surface area contributed by atoms with Crippen LogP contribution in [0.25, 0.3) is 0 Å². The summed E-state index contributed by atoms with van der Waals surface area (Å²) in [6.45, 7) is 9.74. The first-order chi connectivity index (χ1) is 10.1. The standard InChI is InChI=1S/C16H23N3OS/c1-11(2)17-8-14-9-18-12(3)7-15(14)20-6-5-16-13(4)19-10-21-16/h7,9-11,17H,5-6,8H2,1-4H3. The average Bonchev–Trinajstić information content (AvgIpc) is 2.83. The molecule has 4 nitrogen and oxygen atoms in total. The van der Waals surface area contributed by atoms with Gasteiger partial charge in [-0.25, -0.2) is 4.98 Å². The molecule has 21 heavy (non-hydrogen) atoms. The molecule has 0 aliphatic heterocycles. The van der Waals surface area contributed by atoms with Gasteiger partial charge in [0.25, 0.3) is 0 Å². The molecule has 0 spiro atoms. The second kappa shape index (κ2) is 7.52. The zero-order chi connectivity index (χ0) is 15.2. The highest BCUT2D eigenvalue weighted by Crippen LogP contribution is 2.20. The van der Waals surface area contributed by atoms with Crippen LogP contribution in [0.5, 0.6) is 5.75 Å². The van der Waals surface area contributed by atoms with E-state index in [1.165, 1.54) is 4.88 Å². The molecule has 0 saturated carbocycles. The highest BCUT2D eigenvalue weighted by molar-refractivity contribution is 7.09. The van der Waals surface area contributed by atoms with E-state index in [0.717, 1.165) is 35.7 Å². The number of aryl methyl sites for hydroxylation is 2. The monoisotopic (exact) mass is 305 g/mol. The van der Waals surface area contributed by atoms with Crippen LogP contribution < -0.4 is 10.1 Å². The van der Waals surface area contributed by atoms with Crippen molar-refractivity contribution in [2.24, 2.45) is 0 Å². The van der Waals surface area contributed by atoms with Gasteiger partial charge in [-0.1, -0.05) is 13.8 Å². The molecule has 2 heterocycles. The molecule has 0 bridgehead atoms. The van der Waals surface area contributed by atoms with Gasteiger partial charge in [-0.3, -0.25) is 4.98 Å². The van der Waals surface area contributed by atoms with Gasteiger partial charge in [0.1, 0.15) is 5.75 Å². The average molecular weight is 305 g/mol. The molecule has 114 valence electrons. The maximum atomic E-state index is 5.98. The van der Waals surface area contributed by atoms with Crippen molar-refractivity contribution in [1.29, 1.82) is 0 Å². The Balaban J connectivity index is 1.97. The van der Waals surface area contributed by atoms with E-state index in [1.54, 1.807) is 11.3 Å². The summed E-state index contributed by atoms with van der Waals surface area (Å²) in [5.41, 5.74) is 5.08. The third-order valence-corrected chi connectivity index (χ3v) is 4.21. The SMILES string of the molecule is Cc1cc(OCCc2scnc2C)c(CNC(C)C)cn1. The van der Waals surface area contributed by atoms with Crippen molar-refractivity contribution >= 4 is 11.3 Å². The predicted octanol–water partition coefficient (Wildman–Crippen LogP) is 3.27. The van der Waals surface area contributed by atoms with Crippen LogP contribution in [-0.2, 0) is 13.0 Å². The molecule has 5 heteroatoms. The Morgan fingerprint density at radius 3 is 2.76 bits per heavy atom. The summed E-state index contributed by atoms with van der Waals surface area (Å²) >= 11 is 1.69. The first kappa shape index (κ1) is 15.9. The van der Waals surface area contributed by atoms with Gasteiger partial charge in [0.05, 0.1) is 17.8 Å². The Morgan fingerprint density at radius 1 is 1.29 bits per heavy atom. The molecule has 0 unspecified atom stereocenters. The van der Waals surface area contributed by atoms with Gasteiger partial charge in [0, 0.05) is 47.4 Å². The minimum atomic E-state index is 0.444. The van der Waals surface area contributed by atoms with Gasteiger partial charge >= 0.3 is 0 Å². The fraction of sp³-hybridized carbons (Fsp3) is 0.500. The second-order valence-electron chi connectivity index (χ2n) is 5.43. The van der Waals surface area contributed by atoms with Crippen molar-refractivity contribution in [1.82, 2.24) is 15.3 Å². The van der Waals surface area contributed by atoms with Crippen molar-refractivity contribution in [3.8, 4) is 5.75 Å². The number of nitrogens with zero attached hydrogens (tertiary/aromatic N) is 2. The molecule has 2 rings (SSSR count). The van der Waals surface area contributed by atoms with E-state index in [-0.39, 0.29) is 0 Å². The van der Waals surface area contributed by atoms with Crippen LogP contribution in [0.2, 0.25) is 0 Å². The number of thiazole rings is 1. The highest BCUT2D eigenvalue weighted by Gasteiger charge is 2.07. The predicted molar refractivity (Wildman–Crippen MR) is 87.0 cm³/mol. The van der Waals surface area contributed by atoms with Gasteiger partial charge in [-0.2, -0.15) is 0 Å². The molecule has 0 aliphatic carbocycles. The summed E-state index contributed by atoms with van der Waals surface area (Å²) in [5.74, 6) is 0.929. The molecule has 0 fully saturated rings. The van der Waals surface area contributed by atoms with Crippen LogP contribution in [-0.4, -0.2) is 22.6 Å². The van der Waals surface area contributed by atoms with Gasteiger partial charge in [0.2, 0.25) is 0 Å². The number of nitrogens with one attached hydrogen (secondary N) is 1. The van der Waals surface area contributed by atoms with Crippen LogP contribution >= 0.6 is 11.3 Å². The van der Waals surface area contributed by atoms with Crippen LogP contribution in [0.4, 0.5) is 0 Å². The number of aromatic nitrogens is 2. The summed E-state index contributed by atoms with van der Waals surface area (Å²) in [6.07, 6.45) is 2.80. The first-order valence-electron chi connectivity index (χ1n) is 7.27. The molecular weight excluding hydrogens is 282 g/mol. The minimum Gasteiger partial charge on any atom is -0.493 e. The first-order valence-corrected chi connectivity index (χ1v) is 8.15. The zero-order valence-corrected chi connectivity index (χ0v) is 14.0. The lowest BCUT2D eigenvalue weighted by atomic mass is 10.2. The fourth-order valence-corrected chi connectivity index (χ4v) is 2.73. The number of ether oxygens (including phenoxy) is 1. The van der Waals surface area contributed by atoms with E-state index in [0.29, 0.717) is 12.6 Å². The van der Waals surface area contributed by atoms with Crippen LogP contribution in [0, 0.1) is 13.8 Å². The molecule has 2 aromatic rings. The van der Waals surface area contributed by atoms with E-state index in [9.17, 15) is 0 Å². The van der Waals surface area contributed by atoms with Crippen molar-refractivity contribution in [3.05, 3.63) is 39.6 Å². The van der Waals surface area contributed by atoms with E-state index >= 15 is 0 Å². The van der Waals surface area contributed by atoms with Gasteiger partial charge in [-0.05, 0) is 13.8 Å². The summed E-state index contributed by atoms with van der Waals surface area (Å²) in [6, 6.07) is 2.45. The topological polar surface area (TPSA) is 47.0 Å². The molecule has 1 N–H and O–H groups in total. The van der Waals surface area contributed by atoms with Crippen molar-refractivity contribution < 1.29 is 4.74 Å². The molecule has 0 saturated heterocycles. The summed E-state index contributed by atoms with van der Waals surface area (Å²) in [7, 11) is 0. The number of hydrogen-bond acceptors (Lipinski definition) is 5. The highest BCUT2D eigenvalue weighted by atomic mass is 32.1. The third-order valence-electron chi connectivity index (χ3n) is 3.21. The van der Waals surface area contributed by atoms with Crippen LogP contribution in [0.1, 0.15) is 35.7 Å². The second-order valence-corrected chi connectivity index (χ2v) is 6.37. The number of pyridine rings is 1. The van der Waals surface area contributed by atoms with E-state index < -0.39 is 0 Å². The van der Waals surface area contributed by atoms with Gasteiger partial charge in [0.15, 0.2) is 0 Å². The molecular formula is C16H23N3OS. The van der Waals surface area contributed by atoms with E-state index in [2.05, 4.69) is 29.1 Å². The molecule has 0 atom stereocenters. The molecule has 0 amide bonds. The zero-order valence-electron chi connectivity index (χ0n) is 13.1. The van der Waals surface area contributed by atoms with Crippen LogP contribution in [0.3, 0.4) is 0 Å². The van der Waals surface area contributed by atoms with Crippen molar-refractivity contribution in [2.45, 2.75) is 46.7 Å². The Labute approximate surface area is 130 Å². The molecule has 0 aliphatic rings. The summed E-state index contributed by atoms with van der Waals surface area (Å²) < 4.78 is 5.98. The Morgan fingerprint density at radius 2 is 2.10 bits per heavy atom. The van der Waals surface area contributed by atoms with Crippen molar-refractivity contribution in [3.63, 3.8) is 0 Å². The Kier molecular flexibility index (Phi) is 5.70. The number of rotatable bonds is 7.